The quantitative estimate of drug-likeness (QED) is 0.247. The zero-order valence-electron chi connectivity index (χ0n) is 19.6. The minimum absolute atomic E-state index is 0.376. The van der Waals surface area contributed by atoms with Crippen molar-refractivity contribution in [2.75, 3.05) is 34.4 Å². The standard InChI is InChI=1S/C24H23N5O5S2/c1-34-21-13-15(29-36(3,32)33)9-11-20(21)27-22-16-6-4-5-7-18(16)25-23-17-12-14(28-35(2,30)31)8-10-19(17)26-24(22)23/h4-13,26,28-29H,1-3H3,(H,25,27). The summed E-state index contributed by atoms with van der Waals surface area (Å²) in [7, 11) is -5.38. The topological polar surface area (TPSA) is 142 Å². The Labute approximate surface area is 207 Å². The summed E-state index contributed by atoms with van der Waals surface area (Å²) in [5.74, 6) is 0.438. The highest BCUT2D eigenvalue weighted by Crippen LogP contribution is 2.39. The largest absolute Gasteiger partial charge is 0.494 e. The van der Waals surface area contributed by atoms with Crippen molar-refractivity contribution in [2.45, 2.75) is 0 Å². The van der Waals surface area contributed by atoms with Gasteiger partial charge in [-0.3, -0.25) is 9.44 Å². The number of ether oxygens (including phenoxy) is 1. The molecule has 0 unspecified atom stereocenters. The zero-order chi connectivity index (χ0) is 25.7. The predicted molar refractivity (Wildman–Crippen MR) is 144 cm³/mol. The van der Waals surface area contributed by atoms with E-state index in [-0.39, 0.29) is 0 Å². The first-order chi connectivity index (χ1) is 17.0. The van der Waals surface area contributed by atoms with Crippen LogP contribution in [0.5, 0.6) is 5.75 Å². The molecule has 0 atom stereocenters. The van der Waals surface area contributed by atoms with Crippen LogP contribution in [-0.4, -0.2) is 46.4 Å². The number of rotatable bonds is 7. The molecule has 0 aliphatic rings. The molecule has 186 valence electrons. The number of benzene rings is 3. The molecule has 0 fully saturated rings. The number of para-hydroxylation sites is 1. The highest BCUT2D eigenvalue weighted by atomic mass is 32.2. The van der Waals surface area contributed by atoms with E-state index in [1.807, 2.05) is 24.3 Å². The summed E-state index contributed by atoms with van der Waals surface area (Å²) < 4.78 is 57.2. The van der Waals surface area contributed by atoms with Gasteiger partial charge in [0.1, 0.15) is 5.75 Å². The van der Waals surface area contributed by atoms with E-state index in [0.717, 1.165) is 45.5 Å². The number of nitrogens with one attached hydrogen (secondary N) is 4. The second-order valence-corrected chi connectivity index (χ2v) is 11.9. The van der Waals surface area contributed by atoms with Crippen LogP contribution in [0.3, 0.4) is 0 Å². The van der Waals surface area contributed by atoms with Gasteiger partial charge in [0.05, 0.1) is 53.2 Å². The fraction of sp³-hybridized carbons (Fsp3) is 0.125. The van der Waals surface area contributed by atoms with E-state index in [1.165, 1.54) is 7.11 Å². The summed E-state index contributed by atoms with van der Waals surface area (Å²) in [6.45, 7) is 0. The van der Waals surface area contributed by atoms with Crippen LogP contribution in [0.1, 0.15) is 0 Å². The molecule has 2 heterocycles. The van der Waals surface area contributed by atoms with Gasteiger partial charge in [-0.2, -0.15) is 0 Å². The number of hydrogen-bond acceptors (Lipinski definition) is 7. The molecule has 0 aliphatic heterocycles. The predicted octanol–water partition coefficient (Wildman–Crippen LogP) is 4.36. The third kappa shape index (κ3) is 4.72. The van der Waals surface area contributed by atoms with Crippen LogP contribution in [-0.2, 0) is 20.0 Å². The first-order valence-electron chi connectivity index (χ1n) is 10.8. The molecule has 5 rings (SSSR count). The third-order valence-corrected chi connectivity index (χ3v) is 6.71. The summed E-state index contributed by atoms with van der Waals surface area (Å²) >= 11 is 0. The van der Waals surface area contributed by atoms with Gasteiger partial charge >= 0.3 is 0 Å². The van der Waals surface area contributed by atoms with Crippen LogP contribution in [0.2, 0.25) is 0 Å². The minimum atomic E-state index is -3.44. The van der Waals surface area contributed by atoms with Crippen molar-refractivity contribution in [3.63, 3.8) is 0 Å². The monoisotopic (exact) mass is 525 g/mol. The van der Waals surface area contributed by atoms with Gasteiger partial charge in [-0.1, -0.05) is 18.2 Å². The van der Waals surface area contributed by atoms with Gasteiger partial charge in [0.2, 0.25) is 20.0 Å². The first kappa shape index (κ1) is 23.7. The van der Waals surface area contributed by atoms with Crippen LogP contribution in [0.4, 0.5) is 22.7 Å². The van der Waals surface area contributed by atoms with Gasteiger partial charge in [0.15, 0.2) is 0 Å². The number of methoxy groups -OCH3 is 1. The fourth-order valence-corrected chi connectivity index (χ4v) is 5.24. The average Bonchev–Trinajstić information content (AvgIpc) is 3.15. The second-order valence-electron chi connectivity index (χ2n) is 8.40. The Balaban J connectivity index is 1.70. The number of fused-ring (bicyclic) bond motifs is 4. The van der Waals surface area contributed by atoms with E-state index in [1.54, 1.807) is 36.4 Å². The molecule has 3 aromatic carbocycles. The molecule has 12 heteroatoms. The molecule has 0 amide bonds. The van der Waals surface area contributed by atoms with Crippen LogP contribution in [0.15, 0.2) is 60.7 Å². The Morgan fingerprint density at radius 1 is 0.833 bits per heavy atom. The lowest BCUT2D eigenvalue weighted by Gasteiger charge is -2.15. The second kappa shape index (κ2) is 8.57. The Hall–Kier alpha value is -4.03. The van der Waals surface area contributed by atoms with Crippen LogP contribution >= 0.6 is 0 Å². The van der Waals surface area contributed by atoms with Crippen molar-refractivity contribution >= 4 is 75.6 Å². The highest BCUT2D eigenvalue weighted by molar-refractivity contribution is 7.92. The number of nitrogens with zero attached hydrogens (tertiary/aromatic N) is 1. The zero-order valence-corrected chi connectivity index (χ0v) is 21.2. The van der Waals surface area contributed by atoms with E-state index in [4.69, 9.17) is 9.72 Å². The third-order valence-electron chi connectivity index (χ3n) is 5.49. The summed E-state index contributed by atoms with van der Waals surface area (Å²) in [5.41, 5.74) is 5.09. The molecule has 5 aromatic rings. The number of hydrogen-bond donors (Lipinski definition) is 4. The number of pyridine rings is 1. The van der Waals surface area contributed by atoms with Crippen molar-refractivity contribution in [1.82, 2.24) is 9.97 Å². The van der Waals surface area contributed by atoms with Crippen molar-refractivity contribution in [3.05, 3.63) is 60.7 Å². The van der Waals surface area contributed by atoms with E-state index >= 15 is 0 Å². The maximum atomic E-state index is 11.7. The van der Waals surface area contributed by atoms with Gasteiger partial charge < -0.3 is 15.0 Å². The smallest absolute Gasteiger partial charge is 0.229 e. The van der Waals surface area contributed by atoms with Crippen LogP contribution < -0.4 is 19.5 Å². The maximum Gasteiger partial charge on any atom is 0.229 e. The molecule has 0 radical (unpaired) electrons. The summed E-state index contributed by atoms with van der Waals surface area (Å²) in [6, 6.07) is 17.8. The number of aromatic nitrogens is 2. The molecule has 36 heavy (non-hydrogen) atoms. The van der Waals surface area contributed by atoms with E-state index in [9.17, 15) is 16.8 Å². The SMILES string of the molecule is COc1cc(NS(C)(=O)=O)ccc1Nc1c2ccccc2nc2c1[nH]c1ccc(NS(C)(=O)=O)cc12. The Bertz CT molecular complexity index is 1870. The lowest BCUT2D eigenvalue weighted by Crippen LogP contribution is -2.09. The number of anilines is 4. The van der Waals surface area contributed by atoms with Gasteiger partial charge in [-0.15, -0.1) is 0 Å². The van der Waals surface area contributed by atoms with E-state index < -0.39 is 20.0 Å². The summed E-state index contributed by atoms with van der Waals surface area (Å²) in [5, 5.41) is 5.04. The normalized spacial score (nSPS) is 12.2. The van der Waals surface area contributed by atoms with Gasteiger partial charge in [0.25, 0.3) is 0 Å². The number of H-pyrrole nitrogens is 1. The molecule has 0 spiro atoms. The Morgan fingerprint density at radius 3 is 2.19 bits per heavy atom. The summed E-state index contributed by atoms with van der Waals surface area (Å²) in [4.78, 5) is 8.24. The highest BCUT2D eigenvalue weighted by Gasteiger charge is 2.17. The minimum Gasteiger partial charge on any atom is -0.494 e. The Kier molecular flexibility index (Phi) is 5.64. The van der Waals surface area contributed by atoms with Gasteiger partial charge in [0, 0.05) is 28.0 Å². The molecule has 4 N–H and O–H groups in total. The van der Waals surface area contributed by atoms with Crippen molar-refractivity contribution < 1.29 is 21.6 Å². The van der Waals surface area contributed by atoms with Gasteiger partial charge in [-0.25, -0.2) is 21.8 Å². The lowest BCUT2D eigenvalue weighted by molar-refractivity contribution is 0.417. The molecule has 0 bridgehead atoms. The van der Waals surface area contributed by atoms with Gasteiger partial charge in [-0.05, 0) is 36.4 Å². The van der Waals surface area contributed by atoms with Crippen molar-refractivity contribution in [1.29, 1.82) is 0 Å². The molecule has 2 aromatic heterocycles. The first-order valence-corrected chi connectivity index (χ1v) is 14.5. The number of aromatic amines is 1. The lowest BCUT2D eigenvalue weighted by atomic mass is 10.1. The van der Waals surface area contributed by atoms with E-state index in [0.29, 0.717) is 28.3 Å². The molecule has 10 nitrogen and oxygen atoms in total. The molecule has 0 aliphatic carbocycles. The fourth-order valence-electron chi connectivity index (χ4n) is 4.13. The van der Waals surface area contributed by atoms with Crippen LogP contribution in [0.25, 0.3) is 32.8 Å². The number of sulfonamides is 2. The van der Waals surface area contributed by atoms with Crippen molar-refractivity contribution in [3.8, 4) is 5.75 Å². The average molecular weight is 526 g/mol. The van der Waals surface area contributed by atoms with Crippen LogP contribution in [0, 0.1) is 0 Å². The molecular weight excluding hydrogens is 502 g/mol. The molecular formula is C24H23N5O5S2. The van der Waals surface area contributed by atoms with Crippen molar-refractivity contribution in [2.24, 2.45) is 0 Å². The molecule has 0 saturated carbocycles. The Morgan fingerprint density at radius 2 is 1.50 bits per heavy atom. The summed E-state index contributed by atoms with van der Waals surface area (Å²) in [6.07, 6.45) is 2.18. The maximum absolute atomic E-state index is 11.7. The van der Waals surface area contributed by atoms with E-state index in [2.05, 4.69) is 19.7 Å². The molecule has 0 saturated heterocycles.